The highest BCUT2D eigenvalue weighted by molar-refractivity contribution is 6.99. The number of carbonyl (C=O) groups is 1. The van der Waals surface area contributed by atoms with Crippen LogP contribution in [0.5, 0.6) is 5.75 Å². The minimum atomic E-state index is -2.74. The number of carbonyl (C=O) groups excluding carboxylic acids is 1. The van der Waals surface area contributed by atoms with Gasteiger partial charge in [-0.25, -0.2) is 4.79 Å². The van der Waals surface area contributed by atoms with E-state index in [9.17, 15) is 4.79 Å². The molecule has 1 aliphatic rings. The number of hydrogen-bond acceptors (Lipinski definition) is 4. The lowest BCUT2D eigenvalue weighted by Crippen LogP contribution is -2.69. The predicted molar refractivity (Wildman–Crippen MR) is 156 cm³/mol. The molecule has 6 heteroatoms. The van der Waals surface area contributed by atoms with Crippen LogP contribution in [0.4, 0.5) is 4.79 Å². The van der Waals surface area contributed by atoms with Crippen molar-refractivity contribution in [2.24, 2.45) is 5.92 Å². The van der Waals surface area contributed by atoms with E-state index in [1.165, 1.54) is 10.4 Å². The molecule has 0 saturated carbocycles. The number of amides is 1. The lowest BCUT2D eigenvalue weighted by atomic mass is 9.90. The zero-order valence-corrected chi connectivity index (χ0v) is 24.5. The molecule has 38 heavy (non-hydrogen) atoms. The minimum absolute atomic E-state index is 0.140. The van der Waals surface area contributed by atoms with Crippen molar-refractivity contribution in [3.05, 3.63) is 91.0 Å². The number of likely N-dealkylation sites (tertiary alicyclic amines) is 1. The van der Waals surface area contributed by atoms with Gasteiger partial charge in [-0.15, -0.1) is 0 Å². The van der Waals surface area contributed by atoms with Crippen molar-refractivity contribution in [3.8, 4) is 5.75 Å². The summed E-state index contributed by atoms with van der Waals surface area (Å²) in [5.41, 5.74) is -0.563. The molecule has 0 spiro atoms. The number of rotatable bonds is 8. The largest absolute Gasteiger partial charge is 0.493 e. The van der Waals surface area contributed by atoms with Crippen LogP contribution in [0.3, 0.4) is 0 Å². The zero-order chi connectivity index (χ0) is 27.4. The number of benzene rings is 3. The molecule has 5 nitrogen and oxygen atoms in total. The van der Waals surface area contributed by atoms with Gasteiger partial charge in [-0.2, -0.15) is 0 Å². The molecule has 1 amide bonds. The Bertz CT molecular complexity index is 1130. The molecule has 1 fully saturated rings. The topological polar surface area (TPSA) is 48.0 Å². The Hall–Kier alpha value is -3.09. The zero-order valence-electron chi connectivity index (χ0n) is 23.5. The van der Waals surface area contributed by atoms with Crippen LogP contribution in [0.2, 0.25) is 5.04 Å². The Morgan fingerprint density at radius 1 is 0.789 bits per heavy atom. The van der Waals surface area contributed by atoms with Crippen molar-refractivity contribution in [1.82, 2.24) is 4.90 Å². The third kappa shape index (κ3) is 6.13. The molecule has 0 radical (unpaired) electrons. The first kappa shape index (κ1) is 27.9. The fraction of sp³-hybridized carbons (Fsp3) is 0.406. The smallest absolute Gasteiger partial charge is 0.410 e. The maximum absolute atomic E-state index is 13.2. The van der Waals surface area contributed by atoms with Crippen molar-refractivity contribution in [2.75, 3.05) is 19.8 Å². The van der Waals surface area contributed by atoms with Crippen LogP contribution in [0, 0.1) is 5.92 Å². The molecule has 1 heterocycles. The highest BCUT2D eigenvalue weighted by Gasteiger charge is 2.52. The molecule has 2 atom stereocenters. The van der Waals surface area contributed by atoms with Gasteiger partial charge in [0.1, 0.15) is 11.4 Å². The molecule has 1 aliphatic heterocycles. The van der Waals surface area contributed by atoms with Crippen molar-refractivity contribution < 1.29 is 18.7 Å². The summed E-state index contributed by atoms with van der Waals surface area (Å²) in [7, 11) is -2.74. The summed E-state index contributed by atoms with van der Waals surface area (Å²) in [5, 5.41) is 2.30. The molecule has 0 aliphatic carbocycles. The summed E-state index contributed by atoms with van der Waals surface area (Å²) < 4.78 is 19.1. The van der Waals surface area contributed by atoms with Crippen LogP contribution >= 0.6 is 0 Å². The molecular weight excluding hydrogens is 490 g/mol. The van der Waals surface area contributed by atoms with E-state index < -0.39 is 13.9 Å². The van der Waals surface area contributed by atoms with Crippen LogP contribution in [-0.2, 0) is 9.16 Å². The summed E-state index contributed by atoms with van der Waals surface area (Å²) in [6, 6.07) is 30.9. The van der Waals surface area contributed by atoms with Gasteiger partial charge >= 0.3 is 6.09 Å². The van der Waals surface area contributed by atoms with Crippen LogP contribution in [0.25, 0.3) is 0 Å². The van der Waals surface area contributed by atoms with E-state index in [-0.39, 0.29) is 23.1 Å². The molecule has 1 saturated heterocycles. The average molecular weight is 532 g/mol. The molecule has 202 valence electrons. The van der Waals surface area contributed by atoms with E-state index in [1.807, 2.05) is 68.1 Å². The predicted octanol–water partition coefficient (Wildman–Crippen LogP) is 5.88. The summed E-state index contributed by atoms with van der Waals surface area (Å²) in [6.45, 7) is 14.0. The molecule has 3 aromatic rings. The van der Waals surface area contributed by atoms with Crippen LogP contribution < -0.4 is 15.1 Å². The van der Waals surface area contributed by atoms with E-state index in [0.29, 0.717) is 19.8 Å². The first-order valence-corrected chi connectivity index (χ1v) is 15.3. The highest BCUT2D eigenvalue weighted by atomic mass is 28.4. The Morgan fingerprint density at radius 2 is 1.29 bits per heavy atom. The van der Waals surface area contributed by atoms with Gasteiger partial charge < -0.3 is 18.8 Å². The Kier molecular flexibility index (Phi) is 8.33. The number of para-hydroxylation sites is 1. The van der Waals surface area contributed by atoms with Crippen molar-refractivity contribution >= 4 is 24.8 Å². The first-order chi connectivity index (χ1) is 18.0. The third-order valence-electron chi connectivity index (χ3n) is 7.10. The Morgan fingerprint density at radius 3 is 1.76 bits per heavy atom. The molecule has 0 unspecified atom stereocenters. The number of nitrogens with zero attached hydrogens (tertiary/aromatic N) is 1. The molecule has 3 aromatic carbocycles. The molecule has 4 rings (SSSR count). The highest BCUT2D eigenvalue weighted by Crippen LogP contribution is 2.38. The number of hydrogen-bond donors (Lipinski definition) is 0. The standard InChI is InChI=1S/C32H41NO4Si/c1-31(2,3)37-30(34)33-22-25(23-35-26-16-10-7-11-17-26)29(33)24-36-38(32(4,5)6,27-18-12-8-13-19-27)28-20-14-9-15-21-28/h7-21,25,29H,22-24H2,1-6H3/t25-,29-/m0/s1. The maximum atomic E-state index is 13.2. The van der Waals surface area contributed by atoms with Crippen LogP contribution in [-0.4, -0.2) is 50.7 Å². The van der Waals surface area contributed by atoms with Gasteiger partial charge in [-0.05, 0) is 48.3 Å². The summed E-state index contributed by atoms with van der Waals surface area (Å²) in [4.78, 5) is 15.0. The van der Waals surface area contributed by atoms with Gasteiger partial charge in [0.15, 0.2) is 0 Å². The van der Waals surface area contributed by atoms with Gasteiger partial charge in [0, 0.05) is 12.5 Å². The van der Waals surface area contributed by atoms with Gasteiger partial charge in [0.05, 0.1) is 19.3 Å². The second-order valence-corrected chi connectivity index (χ2v) is 16.4. The fourth-order valence-corrected chi connectivity index (χ4v) is 9.81. The SMILES string of the molecule is CC(C)(C)OC(=O)N1C[C@@H](COc2ccccc2)[C@@H]1CO[Si](c1ccccc1)(c1ccccc1)C(C)(C)C. The van der Waals surface area contributed by atoms with Crippen molar-refractivity contribution in [2.45, 2.75) is 58.2 Å². The monoisotopic (exact) mass is 531 g/mol. The summed E-state index contributed by atoms with van der Waals surface area (Å²) >= 11 is 0. The first-order valence-electron chi connectivity index (χ1n) is 13.4. The summed E-state index contributed by atoms with van der Waals surface area (Å²) in [5.74, 6) is 0.968. The quantitative estimate of drug-likeness (QED) is 0.341. The Labute approximate surface area is 228 Å². The second-order valence-electron chi connectivity index (χ2n) is 12.1. The average Bonchev–Trinajstić information content (AvgIpc) is 2.86. The van der Waals surface area contributed by atoms with Crippen LogP contribution in [0.15, 0.2) is 91.0 Å². The second kappa shape index (κ2) is 11.3. The molecule has 0 aromatic heterocycles. The van der Waals surface area contributed by atoms with Crippen molar-refractivity contribution in [1.29, 1.82) is 0 Å². The molecular formula is C32H41NO4Si. The van der Waals surface area contributed by atoms with Crippen LogP contribution in [0.1, 0.15) is 41.5 Å². The van der Waals surface area contributed by atoms with E-state index in [1.54, 1.807) is 0 Å². The normalized spacial score (nSPS) is 18.0. The van der Waals surface area contributed by atoms with E-state index in [0.717, 1.165) is 5.75 Å². The van der Waals surface area contributed by atoms with Gasteiger partial charge in [-0.1, -0.05) is 99.6 Å². The third-order valence-corrected chi connectivity index (χ3v) is 12.1. The molecule has 0 N–H and O–H groups in total. The lowest BCUT2D eigenvalue weighted by molar-refractivity contribution is -0.0539. The van der Waals surface area contributed by atoms with E-state index >= 15 is 0 Å². The molecule has 0 bridgehead atoms. The fourth-order valence-electron chi connectivity index (χ4n) is 5.24. The van der Waals surface area contributed by atoms with E-state index in [2.05, 4.69) is 69.3 Å². The maximum Gasteiger partial charge on any atom is 0.410 e. The lowest BCUT2D eigenvalue weighted by Gasteiger charge is -2.50. The van der Waals surface area contributed by atoms with Gasteiger partial charge in [-0.3, -0.25) is 0 Å². The van der Waals surface area contributed by atoms with Crippen molar-refractivity contribution in [3.63, 3.8) is 0 Å². The van der Waals surface area contributed by atoms with Gasteiger partial charge in [0.25, 0.3) is 8.32 Å². The summed E-state index contributed by atoms with van der Waals surface area (Å²) in [6.07, 6.45) is -0.301. The Balaban J connectivity index is 1.64. The van der Waals surface area contributed by atoms with Gasteiger partial charge in [0.2, 0.25) is 0 Å². The van der Waals surface area contributed by atoms with E-state index in [4.69, 9.17) is 13.9 Å². The number of ether oxygens (including phenoxy) is 2. The minimum Gasteiger partial charge on any atom is -0.493 e.